The average molecular weight is 360 g/mol. The molecule has 1 saturated heterocycles. The predicted molar refractivity (Wildman–Crippen MR) is 105 cm³/mol. The van der Waals surface area contributed by atoms with Gasteiger partial charge in [0.1, 0.15) is 5.69 Å². The van der Waals surface area contributed by atoms with Crippen LogP contribution in [0, 0.1) is 17.8 Å². The summed E-state index contributed by atoms with van der Waals surface area (Å²) < 4.78 is 9.90. The molecule has 1 aromatic carbocycles. The van der Waals surface area contributed by atoms with Crippen LogP contribution in [0.4, 0.5) is 0 Å². The van der Waals surface area contributed by atoms with Gasteiger partial charge in [-0.15, -0.1) is 5.10 Å². The van der Waals surface area contributed by atoms with E-state index in [1.54, 1.807) is 0 Å². The van der Waals surface area contributed by atoms with E-state index >= 15 is 0 Å². The van der Waals surface area contributed by atoms with Crippen molar-refractivity contribution >= 4 is 10.9 Å². The van der Waals surface area contributed by atoms with Crippen LogP contribution in [-0.4, -0.2) is 32.3 Å². The van der Waals surface area contributed by atoms with E-state index in [1.807, 2.05) is 10.9 Å². The number of rotatable bonds is 3. The third kappa shape index (κ3) is 3.38. The van der Waals surface area contributed by atoms with Crippen LogP contribution in [0.25, 0.3) is 22.2 Å². The highest BCUT2D eigenvalue weighted by atomic mass is 16.5. The summed E-state index contributed by atoms with van der Waals surface area (Å²) in [5, 5.41) is 9.98. The van der Waals surface area contributed by atoms with Gasteiger partial charge in [0, 0.05) is 42.3 Å². The minimum Gasteiger partial charge on any atom is -0.376 e. The van der Waals surface area contributed by atoms with E-state index in [1.165, 1.54) is 36.6 Å². The van der Waals surface area contributed by atoms with E-state index in [-0.39, 0.29) is 6.10 Å². The van der Waals surface area contributed by atoms with Crippen LogP contribution in [0.1, 0.15) is 37.7 Å². The lowest BCUT2D eigenvalue weighted by Crippen LogP contribution is -2.24. The van der Waals surface area contributed by atoms with Crippen molar-refractivity contribution in [2.45, 2.75) is 44.8 Å². The molecule has 1 saturated carbocycles. The Labute approximate surface area is 159 Å². The van der Waals surface area contributed by atoms with Gasteiger partial charge in [-0.2, -0.15) is 0 Å². The lowest BCUT2D eigenvalue weighted by molar-refractivity contribution is 0.00370. The minimum absolute atomic E-state index is 0.253. The Bertz CT molecular complexity index is 1030. The Morgan fingerprint density at radius 2 is 2.11 bits per heavy atom. The average Bonchev–Trinajstić information content (AvgIpc) is 3.28. The molecule has 1 aliphatic heterocycles. The molecule has 0 amide bonds. The Hall–Kier alpha value is -2.58. The van der Waals surface area contributed by atoms with Gasteiger partial charge in [0.05, 0.1) is 24.4 Å². The molecule has 1 unspecified atom stereocenters. The summed E-state index contributed by atoms with van der Waals surface area (Å²) in [6.45, 7) is 1.63. The van der Waals surface area contributed by atoms with Crippen LogP contribution in [0.5, 0.6) is 0 Å². The lowest BCUT2D eigenvalue weighted by atomic mass is 10.0. The molecule has 3 aromatic rings. The van der Waals surface area contributed by atoms with Crippen molar-refractivity contribution in [1.29, 1.82) is 0 Å². The summed E-state index contributed by atoms with van der Waals surface area (Å²) in [6, 6.07) is 6.40. The SMILES string of the molecule is Cn1ccc2c(C#CC3CC3)ccc(-c3cn(CC4CCCCO4)nn3)c21. The number of aryl methyl sites for hydroxylation is 1. The van der Waals surface area contributed by atoms with Crippen LogP contribution in [0.3, 0.4) is 0 Å². The summed E-state index contributed by atoms with van der Waals surface area (Å²) in [5.41, 5.74) is 4.27. The first-order valence-electron chi connectivity index (χ1n) is 9.89. The molecule has 27 heavy (non-hydrogen) atoms. The topological polar surface area (TPSA) is 44.9 Å². The maximum absolute atomic E-state index is 5.83. The molecule has 1 aliphatic carbocycles. The number of fused-ring (bicyclic) bond motifs is 1. The largest absolute Gasteiger partial charge is 0.376 e. The molecule has 2 aromatic heterocycles. The zero-order valence-corrected chi connectivity index (χ0v) is 15.7. The fourth-order valence-electron chi connectivity index (χ4n) is 3.81. The Morgan fingerprint density at radius 1 is 1.19 bits per heavy atom. The monoisotopic (exact) mass is 360 g/mol. The van der Waals surface area contributed by atoms with Crippen LogP contribution in [0.15, 0.2) is 30.6 Å². The van der Waals surface area contributed by atoms with Crippen LogP contribution in [-0.2, 0) is 18.3 Å². The summed E-state index contributed by atoms with van der Waals surface area (Å²) >= 11 is 0. The van der Waals surface area contributed by atoms with Crippen molar-refractivity contribution < 1.29 is 4.74 Å². The molecule has 2 fully saturated rings. The Kier molecular flexibility index (Phi) is 4.21. The summed E-state index contributed by atoms with van der Waals surface area (Å²) in [6.07, 6.45) is 10.4. The van der Waals surface area contributed by atoms with Crippen LogP contribution >= 0.6 is 0 Å². The molecule has 0 spiro atoms. The molecule has 138 valence electrons. The number of hydrogen-bond acceptors (Lipinski definition) is 3. The molecule has 0 N–H and O–H groups in total. The Balaban J connectivity index is 1.47. The molecule has 0 bridgehead atoms. The molecule has 1 atom stereocenters. The normalized spacial score (nSPS) is 19.8. The maximum atomic E-state index is 5.83. The molecule has 3 heterocycles. The molecule has 2 aliphatic rings. The van der Waals surface area contributed by atoms with Gasteiger partial charge in [-0.25, -0.2) is 4.68 Å². The van der Waals surface area contributed by atoms with Crippen molar-refractivity contribution in [3.63, 3.8) is 0 Å². The predicted octanol–water partition coefficient (Wildman–Crippen LogP) is 3.77. The van der Waals surface area contributed by atoms with Gasteiger partial charge in [-0.3, -0.25) is 0 Å². The van der Waals surface area contributed by atoms with Gasteiger partial charge in [-0.1, -0.05) is 17.1 Å². The van der Waals surface area contributed by atoms with Gasteiger partial charge in [0.15, 0.2) is 0 Å². The van der Waals surface area contributed by atoms with E-state index in [4.69, 9.17) is 4.74 Å². The first-order valence-corrected chi connectivity index (χ1v) is 9.89. The zero-order valence-electron chi connectivity index (χ0n) is 15.7. The van der Waals surface area contributed by atoms with Crippen molar-refractivity contribution in [2.24, 2.45) is 13.0 Å². The highest BCUT2D eigenvalue weighted by Gasteiger charge is 2.19. The van der Waals surface area contributed by atoms with Gasteiger partial charge >= 0.3 is 0 Å². The maximum Gasteiger partial charge on any atom is 0.115 e. The first-order chi connectivity index (χ1) is 13.3. The molecule has 5 nitrogen and oxygen atoms in total. The summed E-state index contributed by atoms with van der Waals surface area (Å²) in [5.74, 6) is 7.36. The van der Waals surface area contributed by atoms with E-state index < -0.39 is 0 Å². The second kappa shape index (κ2) is 6.86. The second-order valence-corrected chi connectivity index (χ2v) is 7.71. The molecule has 5 heteroatoms. The number of aromatic nitrogens is 4. The van der Waals surface area contributed by atoms with E-state index in [0.717, 1.165) is 36.4 Å². The number of benzene rings is 1. The fraction of sp³-hybridized carbons (Fsp3) is 0.455. The zero-order chi connectivity index (χ0) is 18.2. The van der Waals surface area contributed by atoms with Crippen LogP contribution in [0.2, 0.25) is 0 Å². The quantitative estimate of drug-likeness (QED) is 0.668. The summed E-state index contributed by atoms with van der Waals surface area (Å²) in [7, 11) is 2.07. The highest BCUT2D eigenvalue weighted by molar-refractivity contribution is 5.97. The van der Waals surface area contributed by atoms with Crippen molar-refractivity contribution in [3.05, 3.63) is 36.2 Å². The standard InChI is InChI=1S/C22H24N4O/c1-25-12-11-19-17(8-7-16-5-6-16)9-10-20(22(19)25)21-15-26(24-23-21)14-18-4-2-3-13-27-18/h9-12,15-16,18H,2-6,13-14H2,1H3. The number of nitrogens with zero attached hydrogens (tertiary/aromatic N) is 4. The van der Waals surface area contributed by atoms with Gasteiger partial charge in [0.2, 0.25) is 0 Å². The van der Waals surface area contributed by atoms with Crippen LogP contribution < -0.4 is 0 Å². The van der Waals surface area contributed by atoms with Gasteiger partial charge in [-0.05, 0) is 50.3 Å². The number of hydrogen-bond donors (Lipinski definition) is 0. The highest BCUT2D eigenvalue weighted by Crippen LogP contribution is 2.31. The fourth-order valence-corrected chi connectivity index (χ4v) is 3.81. The van der Waals surface area contributed by atoms with E-state index in [2.05, 4.69) is 58.2 Å². The molecule has 0 radical (unpaired) electrons. The molecular weight excluding hydrogens is 336 g/mol. The minimum atomic E-state index is 0.253. The second-order valence-electron chi connectivity index (χ2n) is 7.71. The first kappa shape index (κ1) is 16.6. The third-order valence-electron chi connectivity index (χ3n) is 5.50. The molecular formula is C22H24N4O. The molecule has 5 rings (SSSR count). The van der Waals surface area contributed by atoms with Crippen molar-refractivity contribution in [1.82, 2.24) is 19.6 Å². The van der Waals surface area contributed by atoms with E-state index in [0.29, 0.717) is 5.92 Å². The summed E-state index contributed by atoms with van der Waals surface area (Å²) in [4.78, 5) is 0. The van der Waals surface area contributed by atoms with Crippen molar-refractivity contribution in [2.75, 3.05) is 6.61 Å². The van der Waals surface area contributed by atoms with Crippen molar-refractivity contribution in [3.8, 4) is 23.1 Å². The third-order valence-corrected chi connectivity index (χ3v) is 5.50. The van der Waals surface area contributed by atoms with Gasteiger partial charge < -0.3 is 9.30 Å². The number of ether oxygens (including phenoxy) is 1. The smallest absolute Gasteiger partial charge is 0.115 e. The Morgan fingerprint density at radius 3 is 2.93 bits per heavy atom. The van der Waals surface area contributed by atoms with Gasteiger partial charge in [0.25, 0.3) is 0 Å². The van der Waals surface area contributed by atoms with E-state index in [9.17, 15) is 0 Å². The lowest BCUT2D eigenvalue weighted by Gasteiger charge is -2.21.